The van der Waals surface area contributed by atoms with Crippen LogP contribution >= 0.6 is 15.9 Å². The van der Waals surface area contributed by atoms with E-state index in [0.29, 0.717) is 22.4 Å². The summed E-state index contributed by atoms with van der Waals surface area (Å²) in [4.78, 5) is 11.5. The van der Waals surface area contributed by atoms with E-state index in [1.165, 1.54) is 6.08 Å². The zero-order chi connectivity index (χ0) is 12.7. The van der Waals surface area contributed by atoms with E-state index >= 15 is 0 Å². The molecule has 17 heavy (non-hydrogen) atoms. The fraction of sp³-hybridized carbons (Fsp3) is 0.154. The SMILES string of the molecule is C=CCOC(=O)c1ccc(OCC=C)c(Br)c1. The summed E-state index contributed by atoms with van der Waals surface area (Å²) in [5, 5.41) is 0. The summed E-state index contributed by atoms with van der Waals surface area (Å²) in [6.07, 6.45) is 3.17. The van der Waals surface area contributed by atoms with Gasteiger partial charge in [0.2, 0.25) is 0 Å². The lowest BCUT2D eigenvalue weighted by molar-refractivity contribution is 0.0549. The molecule has 0 amide bonds. The van der Waals surface area contributed by atoms with E-state index in [0.717, 1.165) is 0 Å². The molecule has 0 aliphatic rings. The largest absolute Gasteiger partial charge is 0.488 e. The smallest absolute Gasteiger partial charge is 0.338 e. The number of hydrogen-bond donors (Lipinski definition) is 0. The molecule has 0 radical (unpaired) electrons. The number of halogens is 1. The van der Waals surface area contributed by atoms with Crippen molar-refractivity contribution in [3.8, 4) is 5.75 Å². The molecule has 90 valence electrons. The third-order valence-electron chi connectivity index (χ3n) is 1.86. The molecule has 0 atom stereocenters. The monoisotopic (exact) mass is 296 g/mol. The zero-order valence-electron chi connectivity index (χ0n) is 9.32. The van der Waals surface area contributed by atoms with E-state index in [1.807, 2.05) is 0 Å². The van der Waals surface area contributed by atoms with Crippen LogP contribution in [0.4, 0.5) is 0 Å². The molecule has 1 rings (SSSR count). The summed E-state index contributed by atoms with van der Waals surface area (Å²) in [5.41, 5.74) is 0.463. The quantitative estimate of drug-likeness (QED) is 0.596. The minimum atomic E-state index is -0.388. The number of hydrogen-bond acceptors (Lipinski definition) is 3. The van der Waals surface area contributed by atoms with Crippen molar-refractivity contribution < 1.29 is 14.3 Å². The highest BCUT2D eigenvalue weighted by atomic mass is 79.9. The Kier molecular flexibility index (Phi) is 5.49. The Balaban J connectivity index is 2.76. The summed E-state index contributed by atoms with van der Waals surface area (Å²) in [7, 11) is 0. The predicted octanol–water partition coefficient (Wildman–Crippen LogP) is 3.36. The first kappa shape index (κ1) is 13.5. The molecule has 0 N–H and O–H groups in total. The van der Waals surface area contributed by atoms with Crippen LogP contribution in [-0.4, -0.2) is 19.2 Å². The van der Waals surface area contributed by atoms with Crippen LogP contribution in [0.3, 0.4) is 0 Å². The van der Waals surface area contributed by atoms with Crippen molar-refractivity contribution in [2.75, 3.05) is 13.2 Å². The van der Waals surface area contributed by atoms with Gasteiger partial charge in [-0.2, -0.15) is 0 Å². The second-order valence-electron chi connectivity index (χ2n) is 3.13. The Bertz CT molecular complexity index is 427. The van der Waals surface area contributed by atoms with Gasteiger partial charge in [0.1, 0.15) is 19.0 Å². The topological polar surface area (TPSA) is 35.5 Å². The van der Waals surface area contributed by atoms with Crippen molar-refractivity contribution >= 4 is 21.9 Å². The Labute approximate surface area is 109 Å². The molecule has 4 heteroatoms. The van der Waals surface area contributed by atoms with Crippen LogP contribution in [0.2, 0.25) is 0 Å². The molecule has 0 fully saturated rings. The molecule has 0 saturated carbocycles. The van der Waals surface area contributed by atoms with E-state index < -0.39 is 0 Å². The van der Waals surface area contributed by atoms with Gasteiger partial charge in [0.05, 0.1) is 10.0 Å². The molecular weight excluding hydrogens is 284 g/mol. The lowest BCUT2D eigenvalue weighted by Crippen LogP contribution is -2.05. The summed E-state index contributed by atoms with van der Waals surface area (Å²) in [5.74, 6) is 0.269. The highest BCUT2D eigenvalue weighted by Crippen LogP contribution is 2.26. The van der Waals surface area contributed by atoms with Crippen molar-refractivity contribution in [1.82, 2.24) is 0 Å². The molecule has 1 aromatic rings. The lowest BCUT2D eigenvalue weighted by atomic mass is 10.2. The number of carbonyl (C=O) groups excluding carboxylic acids is 1. The van der Waals surface area contributed by atoms with Gasteiger partial charge in [0.15, 0.2) is 0 Å². The van der Waals surface area contributed by atoms with Gasteiger partial charge in [-0.15, -0.1) is 0 Å². The molecule has 1 aromatic carbocycles. The Morgan fingerprint density at radius 1 is 1.29 bits per heavy atom. The van der Waals surface area contributed by atoms with Crippen LogP contribution in [-0.2, 0) is 4.74 Å². The molecule has 0 bridgehead atoms. The molecular formula is C13H13BrO3. The molecule has 0 heterocycles. The fourth-order valence-corrected chi connectivity index (χ4v) is 1.60. The van der Waals surface area contributed by atoms with Crippen LogP contribution in [0.1, 0.15) is 10.4 Å². The zero-order valence-corrected chi connectivity index (χ0v) is 10.9. The van der Waals surface area contributed by atoms with Gasteiger partial charge in [0, 0.05) is 0 Å². The Morgan fingerprint density at radius 3 is 2.59 bits per heavy atom. The van der Waals surface area contributed by atoms with Crippen LogP contribution in [0.5, 0.6) is 5.75 Å². The second-order valence-corrected chi connectivity index (χ2v) is 3.99. The van der Waals surface area contributed by atoms with E-state index in [2.05, 4.69) is 29.1 Å². The Morgan fingerprint density at radius 2 is 2.00 bits per heavy atom. The Hall–Kier alpha value is -1.55. The minimum Gasteiger partial charge on any atom is -0.488 e. The molecule has 0 unspecified atom stereocenters. The number of carbonyl (C=O) groups is 1. The number of rotatable bonds is 6. The first-order chi connectivity index (χ1) is 8.19. The standard InChI is InChI=1S/C13H13BrO3/c1-3-7-16-12-6-5-10(9-11(12)14)13(15)17-8-4-2/h3-6,9H,1-2,7-8H2. The number of benzene rings is 1. The average molecular weight is 297 g/mol. The van der Waals surface area contributed by atoms with Crippen molar-refractivity contribution in [2.45, 2.75) is 0 Å². The van der Waals surface area contributed by atoms with Crippen LogP contribution in [0, 0.1) is 0 Å². The van der Waals surface area contributed by atoms with Crippen LogP contribution in [0.15, 0.2) is 48.0 Å². The maximum Gasteiger partial charge on any atom is 0.338 e. The molecule has 0 spiro atoms. The van der Waals surface area contributed by atoms with Gasteiger partial charge >= 0.3 is 5.97 Å². The molecule has 0 saturated heterocycles. The third kappa shape index (κ3) is 4.07. The summed E-state index contributed by atoms with van der Waals surface area (Å²) in [6.45, 7) is 7.65. The lowest BCUT2D eigenvalue weighted by Gasteiger charge is -2.07. The molecule has 3 nitrogen and oxygen atoms in total. The number of esters is 1. The van der Waals surface area contributed by atoms with Crippen LogP contribution < -0.4 is 4.74 Å². The normalized spacial score (nSPS) is 9.47. The minimum absolute atomic E-state index is 0.200. The van der Waals surface area contributed by atoms with Gasteiger partial charge in [-0.05, 0) is 34.1 Å². The van der Waals surface area contributed by atoms with Gasteiger partial charge in [-0.25, -0.2) is 4.79 Å². The average Bonchev–Trinajstić information content (AvgIpc) is 2.34. The van der Waals surface area contributed by atoms with Crippen molar-refractivity contribution in [3.63, 3.8) is 0 Å². The van der Waals surface area contributed by atoms with Crippen molar-refractivity contribution in [1.29, 1.82) is 0 Å². The van der Waals surface area contributed by atoms with Crippen molar-refractivity contribution in [2.24, 2.45) is 0 Å². The first-order valence-electron chi connectivity index (χ1n) is 5.00. The summed E-state index contributed by atoms with van der Waals surface area (Å²) < 4.78 is 11.0. The highest BCUT2D eigenvalue weighted by Gasteiger charge is 2.09. The summed E-state index contributed by atoms with van der Waals surface area (Å²) in [6, 6.07) is 5.01. The van der Waals surface area contributed by atoms with Gasteiger partial charge < -0.3 is 9.47 Å². The van der Waals surface area contributed by atoms with Gasteiger partial charge in [0.25, 0.3) is 0 Å². The van der Waals surface area contributed by atoms with Gasteiger partial charge in [-0.1, -0.05) is 25.3 Å². The van der Waals surface area contributed by atoms with E-state index in [4.69, 9.17) is 9.47 Å². The number of ether oxygens (including phenoxy) is 2. The van der Waals surface area contributed by atoms with E-state index in [1.54, 1.807) is 24.3 Å². The third-order valence-corrected chi connectivity index (χ3v) is 2.48. The first-order valence-corrected chi connectivity index (χ1v) is 5.79. The molecule has 0 aromatic heterocycles. The van der Waals surface area contributed by atoms with Gasteiger partial charge in [-0.3, -0.25) is 0 Å². The maximum absolute atomic E-state index is 11.5. The van der Waals surface area contributed by atoms with E-state index in [-0.39, 0.29) is 12.6 Å². The molecule has 0 aliphatic heterocycles. The van der Waals surface area contributed by atoms with Crippen LogP contribution in [0.25, 0.3) is 0 Å². The maximum atomic E-state index is 11.5. The highest BCUT2D eigenvalue weighted by molar-refractivity contribution is 9.10. The van der Waals surface area contributed by atoms with E-state index in [9.17, 15) is 4.79 Å². The second kappa shape index (κ2) is 6.91. The summed E-state index contributed by atoms with van der Waals surface area (Å²) >= 11 is 3.33. The predicted molar refractivity (Wildman–Crippen MR) is 70.3 cm³/mol. The fourth-order valence-electron chi connectivity index (χ4n) is 1.11. The van der Waals surface area contributed by atoms with Crippen molar-refractivity contribution in [3.05, 3.63) is 53.5 Å². The molecule has 0 aliphatic carbocycles.